The Balaban J connectivity index is 1.70. The van der Waals surface area contributed by atoms with Gasteiger partial charge in [0.1, 0.15) is 23.3 Å². The number of nitrogens with zero attached hydrogens (tertiary/aromatic N) is 1. The van der Waals surface area contributed by atoms with Crippen molar-refractivity contribution in [3.63, 3.8) is 0 Å². The smallest absolute Gasteiger partial charge is 0.266 e. The fourth-order valence-corrected chi connectivity index (χ4v) is 4.61. The second kappa shape index (κ2) is 10.9. The minimum Gasteiger partial charge on any atom is -0.493 e. The molecule has 1 fully saturated rings. The first-order valence-electron chi connectivity index (χ1n) is 9.90. The number of halogens is 1. The van der Waals surface area contributed by atoms with Crippen LogP contribution in [0.3, 0.4) is 0 Å². The van der Waals surface area contributed by atoms with E-state index in [1.807, 2.05) is 32.0 Å². The Kier molecular flexibility index (Phi) is 8.23. The van der Waals surface area contributed by atoms with E-state index in [0.29, 0.717) is 51.1 Å². The third-order valence-corrected chi connectivity index (χ3v) is 6.32. The van der Waals surface area contributed by atoms with Crippen molar-refractivity contribution in [1.29, 1.82) is 0 Å². The largest absolute Gasteiger partial charge is 0.493 e. The molecule has 0 N–H and O–H groups in total. The first kappa shape index (κ1) is 24.2. The number of rotatable bonds is 9. The molecule has 2 aromatic carbocycles. The molecule has 0 atom stereocenters. The summed E-state index contributed by atoms with van der Waals surface area (Å²) in [6.45, 7) is 8.71. The summed E-state index contributed by atoms with van der Waals surface area (Å²) in [4.78, 5) is 14.6. The van der Waals surface area contributed by atoms with Crippen LogP contribution in [0, 0.1) is 13.8 Å². The van der Waals surface area contributed by atoms with Crippen molar-refractivity contribution in [2.75, 3.05) is 26.9 Å². The maximum Gasteiger partial charge on any atom is 0.266 e. The molecule has 8 heteroatoms. The second-order valence-electron chi connectivity index (χ2n) is 7.08. The lowest BCUT2D eigenvalue weighted by Crippen LogP contribution is -2.27. The predicted molar refractivity (Wildman–Crippen MR) is 135 cm³/mol. The molecule has 0 aliphatic carbocycles. The number of hydrogen-bond donors (Lipinski definition) is 0. The summed E-state index contributed by atoms with van der Waals surface area (Å²) in [5.74, 6) is 1.57. The van der Waals surface area contributed by atoms with E-state index in [1.54, 1.807) is 31.4 Å². The number of benzene rings is 2. The molecule has 1 amide bonds. The Labute approximate surface area is 203 Å². The van der Waals surface area contributed by atoms with Gasteiger partial charge in [0.25, 0.3) is 5.91 Å². The molecule has 0 aromatic heterocycles. The van der Waals surface area contributed by atoms with Crippen LogP contribution >= 0.6 is 35.6 Å². The Hall–Kier alpha value is -2.48. The van der Waals surface area contributed by atoms with Crippen LogP contribution in [0.25, 0.3) is 6.08 Å². The van der Waals surface area contributed by atoms with Crippen molar-refractivity contribution in [2.24, 2.45) is 0 Å². The van der Waals surface area contributed by atoms with Gasteiger partial charge in [0.15, 0.2) is 11.5 Å². The lowest BCUT2D eigenvalue weighted by atomic mass is 10.1. The van der Waals surface area contributed by atoms with Crippen LogP contribution in [-0.4, -0.2) is 42.0 Å². The number of thiocarbonyl (C=S) groups is 1. The van der Waals surface area contributed by atoms with Gasteiger partial charge in [-0.3, -0.25) is 9.69 Å². The molecule has 0 saturated carbocycles. The van der Waals surface area contributed by atoms with E-state index >= 15 is 0 Å². The summed E-state index contributed by atoms with van der Waals surface area (Å²) in [5, 5.41) is 0.379. The first-order chi connectivity index (χ1) is 15.3. The average Bonchev–Trinajstić information content (AvgIpc) is 3.02. The average molecular weight is 490 g/mol. The lowest BCUT2D eigenvalue weighted by Gasteiger charge is -2.15. The number of hydrogen-bond acceptors (Lipinski definition) is 6. The maximum atomic E-state index is 12.6. The number of amides is 1. The molecule has 0 bridgehead atoms. The van der Waals surface area contributed by atoms with Crippen molar-refractivity contribution in [3.05, 3.63) is 69.6 Å². The Morgan fingerprint density at radius 3 is 2.62 bits per heavy atom. The van der Waals surface area contributed by atoms with Crippen LogP contribution in [0.5, 0.6) is 17.2 Å². The fourth-order valence-electron chi connectivity index (χ4n) is 3.06. The van der Waals surface area contributed by atoms with Gasteiger partial charge >= 0.3 is 0 Å². The molecule has 5 nitrogen and oxygen atoms in total. The number of thioether (sulfide) groups is 1. The lowest BCUT2D eigenvalue weighted by molar-refractivity contribution is -0.121. The summed E-state index contributed by atoms with van der Waals surface area (Å²) >= 11 is 13.0. The summed E-state index contributed by atoms with van der Waals surface area (Å²) in [6, 6.07) is 9.56. The Morgan fingerprint density at radius 2 is 1.91 bits per heavy atom. The zero-order chi connectivity index (χ0) is 23.3. The number of carbonyl (C=O) groups is 1. The van der Waals surface area contributed by atoms with Gasteiger partial charge < -0.3 is 14.2 Å². The monoisotopic (exact) mass is 489 g/mol. The van der Waals surface area contributed by atoms with E-state index in [2.05, 4.69) is 6.58 Å². The van der Waals surface area contributed by atoms with Crippen LogP contribution in [0.4, 0.5) is 0 Å². The minimum atomic E-state index is -0.154. The highest BCUT2D eigenvalue weighted by atomic mass is 35.5. The second-order valence-corrected chi connectivity index (χ2v) is 9.16. The number of carbonyl (C=O) groups excluding carboxylic acids is 1. The van der Waals surface area contributed by atoms with Gasteiger partial charge in [-0.2, -0.15) is 0 Å². The highest BCUT2D eigenvalue weighted by Crippen LogP contribution is 2.39. The molecule has 0 radical (unpaired) electrons. The van der Waals surface area contributed by atoms with Crippen molar-refractivity contribution < 1.29 is 19.0 Å². The number of methoxy groups -OCH3 is 1. The van der Waals surface area contributed by atoms with Gasteiger partial charge in [-0.25, -0.2) is 0 Å². The molecular weight excluding hydrogens is 466 g/mol. The molecule has 1 aliphatic heterocycles. The highest BCUT2D eigenvalue weighted by Gasteiger charge is 2.31. The summed E-state index contributed by atoms with van der Waals surface area (Å²) < 4.78 is 17.7. The third-order valence-electron chi connectivity index (χ3n) is 4.67. The van der Waals surface area contributed by atoms with Gasteiger partial charge in [0, 0.05) is 6.54 Å². The summed E-state index contributed by atoms with van der Waals surface area (Å²) in [7, 11) is 1.54. The molecule has 32 heavy (non-hydrogen) atoms. The van der Waals surface area contributed by atoms with Crippen molar-refractivity contribution in [3.8, 4) is 17.2 Å². The molecular formula is C24H24ClNO4S2. The summed E-state index contributed by atoms with van der Waals surface area (Å²) in [5.41, 5.74) is 2.91. The summed E-state index contributed by atoms with van der Waals surface area (Å²) in [6.07, 6.45) is 3.38. The van der Waals surface area contributed by atoms with Crippen LogP contribution < -0.4 is 14.2 Å². The number of aryl methyl sites for hydroxylation is 2. The normalized spacial score (nSPS) is 14.8. The van der Waals surface area contributed by atoms with E-state index in [9.17, 15) is 4.79 Å². The van der Waals surface area contributed by atoms with Crippen LogP contribution in [-0.2, 0) is 4.79 Å². The molecule has 2 aromatic rings. The maximum absolute atomic E-state index is 12.6. The van der Waals surface area contributed by atoms with E-state index in [0.717, 1.165) is 16.9 Å². The van der Waals surface area contributed by atoms with E-state index in [1.165, 1.54) is 16.7 Å². The minimum absolute atomic E-state index is 0.154. The van der Waals surface area contributed by atoms with Gasteiger partial charge in [0.05, 0.1) is 17.0 Å². The Bertz CT molecular complexity index is 1080. The molecule has 1 saturated heterocycles. The molecule has 1 heterocycles. The first-order valence-corrected chi connectivity index (χ1v) is 11.5. The molecule has 1 aliphatic rings. The predicted octanol–water partition coefficient (Wildman–Crippen LogP) is 5.81. The van der Waals surface area contributed by atoms with E-state index < -0.39 is 0 Å². The van der Waals surface area contributed by atoms with Crippen molar-refractivity contribution in [1.82, 2.24) is 4.90 Å². The SMILES string of the molecule is C=CCN1C(=O)C(=Cc2cc(Cl)c(OCCOc3cc(C)ccc3C)c(OC)c2)SC1=S. The zero-order valence-electron chi connectivity index (χ0n) is 18.1. The highest BCUT2D eigenvalue weighted by molar-refractivity contribution is 8.26. The van der Waals surface area contributed by atoms with Gasteiger partial charge in [-0.15, -0.1) is 6.58 Å². The van der Waals surface area contributed by atoms with Crippen LogP contribution in [0.1, 0.15) is 16.7 Å². The standard InChI is InChI=1S/C24H24ClNO4S2/c1-5-8-26-23(27)21(32-24(26)31)14-17-12-18(25)22(20(13-17)28-4)30-10-9-29-19-11-15(2)6-7-16(19)3/h5-7,11-14H,1,8-10H2,2-4H3. The molecule has 168 valence electrons. The zero-order valence-corrected chi connectivity index (χ0v) is 20.5. The van der Waals surface area contributed by atoms with E-state index in [4.69, 9.17) is 38.0 Å². The van der Waals surface area contributed by atoms with Crippen LogP contribution in [0.2, 0.25) is 5.02 Å². The van der Waals surface area contributed by atoms with Crippen molar-refractivity contribution in [2.45, 2.75) is 13.8 Å². The third kappa shape index (κ3) is 5.65. The van der Waals surface area contributed by atoms with Crippen molar-refractivity contribution >= 4 is 51.9 Å². The number of ether oxygens (including phenoxy) is 3. The van der Waals surface area contributed by atoms with Gasteiger partial charge in [0.2, 0.25) is 0 Å². The quantitative estimate of drug-likeness (QED) is 0.192. The van der Waals surface area contributed by atoms with E-state index in [-0.39, 0.29) is 5.91 Å². The van der Waals surface area contributed by atoms with Crippen LogP contribution in [0.15, 0.2) is 47.9 Å². The Morgan fingerprint density at radius 1 is 1.16 bits per heavy atom. The molecule has 0 unspecified atom stereocenters. The van der Waals surface area contributed by atoms with Gasteiger partial charge in [-0.1, -0.05) is 53.8 Å². The fraction of sp³-hybridized carbons (Fsp3) is 0.250. The molecule has 3 rings (SSSR count). The topological polar surface area (TPSA) is 48.0 Å². The molecule has 0 spiro atoms. The van der Waals surface area contributed by atoms with Gasteiger partial charge in [-0.05, 0) is 54.8 Å².